The third-order valence-electron chi connectivity index (χ3n) is 2.99. The van der Waals surface area contributed by atoms with Crippen LogP contribution in [0.25, 0.3) is 11.1 Å². The molecule has 0 spiro atoms. The molecule has 0 aliphatic carbocycles. The molecule has 2 aromatic carbocycles. The predicted octanol–water partition coefficient (Wildman–Crippen LogP) is 4.40. The van der Waals surface area contributed by atoms with E-state index in [1.54, 1.807) is 30.3 Å². The van der Waals surface area contributed by atoms with E-state index in [4.69, 9.17) is 16.0 Å². The van der Waals surface area contributed by atoms with Crippen molar-refractivity contribution in [3.05, 3.63) is 68.9 Å². The Morgan fingerprint density at radius 1 is 1.30 bits per heavy atom. The van der Waals surface area contributed by atoms with E-state index in [9.17, 15) is 9.18 Å². The number of halogens is 3. The lowest BCUT2D eigenvalue weighted by atomic mass is 10.0. The van der Waals surface area contributed by atoms with Crippen LogP contribution >= 0.6 is 27.5 Å². The highest BCUT2D eigenvalue weighted by Crippen LogP contribution is 2.37. The van der Waals surface area contributed by atoms with E-state index in [0.29, 0.717) is 21.7 Å². The number of fused-ring (bicyclic) bond motifs is 1. The summed E-state index contributed by atoms with van der Waals surface area (Å²) in [5, 5.41) is 0.336. The smallest absolute Gasteiger partial charge is 0.408 e. The molecular formula is C14H8BrClFNO2. The molecule has 0 bridgehead atoms. The van der Waals surface area contributed by atoms with Gasteiger partial charge in [-0.05, 0) is 29.8 Å². The summed E-state index contributed by atoms with van der Waals surface area (Å²) in [6.45, 7) is 0. The largest absolute Gasteiger partial charge is 0.417 e. The van der Waals surface area contributed by atoms with Gasteiger partial charge in [0, 0.05) is 10.6 Å². The average Bonchev–Trinajstić information content (AvgIpc) is 2.77. The van der Waals surface area contributed by atoms with E-state index in [0.717, 1.165) is 5.56 Å². The first-order chi connectivity index (χ1) is 9.56. The molecule has 102 valence electrons. The fourth-order valence-electron chi connectivity index (χ4n) is 2.04. The Kier molecular flexibility index (Phi) is 3.40. The molecule has 3 rings (SSSR count). The Morgan fingerprint density at radius 2 is 2.10 bits per heavy atom. The van der Waals surface area contributed by atoms with Crippen molar-refractivity contribution in [2.75, 3.05) is 0 Å². The van der Waals surface area contributed by atoms with E-state index < -0.39 is 16.4 Å². The molecule has 0 fully saturated rings. The zero-order valence-electron chi connectivity index (χ0n) is 9.99. The van der Waals surface area contributed by atoms with Gasteiger partial charge in [-0.15, -0.1) is 0 Å². The van der Waals surface area contributed by atoms with Crippen LogP contribution in [0.2, 0.25) is 5.02 Å². The maximum absolute atomic E-state index is 13.9. The van der Waals surface area contributed by atoms with Gasteiger partial charge in [0.25, 0.3) is 0 Å². The Morgan fingerprint density at radius 3 is 2.85 bits per heavy atom. The van der Waals surface area contributed by atoms with Crippen molar-refractivity contribution < 1.29 is 8.81 Å². The first-order valence-corrected chi connectivity index (χ1v) is 7.06. The SMILES string of the molecule is O=c1[nH]c2ccc(C(Br)c3c(F)cccc3Cl)cc2o1. The second-order valence-electron chi connectivity index (χ2n) is 4.27. The molecule has 3 aromatic rings. The van der Waals surface area contributed by atoms with Gasteiger partial charge in [-0.1, -0.05) is 39.7 Å². The van der Waals surface area contributed by atoms with Gasteiger partial charge in [0.2, 0.25) is 0 Å². The van der Waals surface area contributed by atoms with Crippen LogP contribution < -0.4 is 5.76 Å². The first kappa shape index (κ1) is 13.4. The van der Waals surface area contributed by atoms with Gasteiger partial charge >= 0.3 is 5.76 Å². The zero-order valence-corrected chi connectivity index (χ0v) is 12.3. The standard InChI is InChI=1S/C14H8BrClFNO2/c15-13(12-8(16)2-1-3-9(12)17)7-4-5-10-11(6-7)20-14(19)18-10/h1-6,13H,(H,18,19). The predicted molar refractivity (Wildman–Crippen MR) is 79.0 cm³/mol. The van der Waals surface area contributed by atoms with E-state index in [1.165, 1.54) is 6.07 Å². The molecule has 0 aliphatic rings. The van der Waals surface area contributed by atoms with Gasteiger partial charge in [0.15, 0.2) is 5.58 Å². The maximum Gasteiger partial charge on any atom is 0.417 e. The number of benzene rings is 2. The minimum Gasteiger partial charge on any atom is -0.408 e. The molecule has 1 aromatic heterocycles. The molecule has 1 heterocycles. The van der Waals surface area contributed by atoms with Crippen LogP contribution in [-0.4, -0.2) is 4.98 Å². The summed E-state index contributed by atoms with van der Waals surface area (Å²) in [5.74, 6) is -0.915. The summed E-state index contributed by atoms with van der Waals surface area (Å²) in [6, 6.07) is 9.69. The van der Waals surface area contributed by atoms with Gasteiger partial charge in [0.05, 0.1) is 10.3 Å². The van der Waals surface area contributed by atoms with Gasteiger partial charge < -0.3 is 4.42 Å². The highest BCUT2D eigenvalue weighted by molar-refractivity contribution is 9.09. The summed E-state index contributed by atoms with van der Waals surface area (Å²) < 4.78 is 18.9. The topological polar surface area (TPSA) is 46.0 Å². The lowest BCUT2D eigenvalue weighted by Crippen LogP contribution is -1.97. The molecule has 20 heavy (non-hydrogen) atoms. The van der Waals surface area contributed by atoms with Crippen LogP contribution in [0, 0.1) is 5.82 Å². The van der Waals surface area contributed by atoms with Crippen LogP contribution in [-0.2, 0) is 0 Å². The highest BCUT2D eigenvalue weighted by atomic mass is 79.9. The Labute approximate surface area is 126 Å². The van der Waals surface area contributed by atoms with Gasteiger partial charge in [-0.3, -0.25) is 4.98 Å². The van der Waals surface area contributed by atoms with Crippen LogP contribution in [0.1, 0.15) is 16.0 Å². The number of alkyl halides is 1. The van der Waals surface area contributed by atoms with Gasteiger partial charge in [-0.2, -0.15) is 0 Å². The third kappa shape index (κ3) is 2.27. The minimum atomic E-state index is -0.521. The molecule has 0 radical (unpaired) electrons. The second kappa shape index (κ2) is 5.07. The van der Waals surface area contributed by atoms with E-state index in [2.05, 4.69) is 20.9 Å². The van der Waals surface area contributed by atoms with Gasteiger partial charge in [0.1, 0.15) is 5.82 Å². The summed E-state index contributed by atoms with van der Waals surface area (Å²) in [5.41, 5.74) is 2.11. The van der Waals surface area contributed by atoms with Crippen molar-refractivity contribution in [2.24, 2.45) is 0 Å². The quantitative estimate of drug-likeness (QED) is 0.692. The number of rotatable bonds is 2. The normalized spacial score (nSPS) is 12.8. The number of oxazole rings is 1. The van der Waals surface area contributed by atoms with Crippen molar-refractivity contribution in [2.45, 2.75) is 4.83 Å². The van der Waals surface area contributed by atoms with Crippen molar-refractivity contribution in [1.29, 1.82) is 0 Å². The third-order valence-corrected chi connectivity index (χ3v) is 4.31. The molecule has 1 N–H and O–H groups in total. The molecule has 1 atom stereocenters. The van der Waals surface area contributed by atoms with Crippen molar-refractivity contribution in [3.63, 3.8) is 0 Å². The van der Waals surface area contributed by atoms with Crippen molar-refractivity contribution >= 4 is 38.6 Å². The summed E-state index contributed by atoms with van der Waals surface area (Å²) in [7, 11) is 0. The summed E-state index contributed by atoms with van der Waals surface area (Å²) in [4.78, 5) is 13.3. The maximum atomic E-state index is 13.9. The van der Waals surface area contributed by atoms with E-state index >= 15 is 0 Å². The average molecular weight is 357 g/mol. The minimum absolute atomic E-state index is 0.336. The number of H-pyrrole nitrogens is 1. The zero-order chi connectivity index (χ0) is 14.3. The van der Waals surface area contributed by atoms with Crippen molar-refractivity contribution in [1.82, 2.24) is 4.98 Å². The number of aromatic amines is 1. The Bertz CT molecular complexity index is 822. The van der Waals surface area contributed by atoms with Crippen LogP contribution in [0.5, 0.6) is 0 Å². The summed E-state index contributed by atoms with van der Waals surface area (Å²) >= 11 is 9.48. The molecule has 0 aliphatic heterocycles. The van der Waals surface area contributed by atoms with E-state index in [-0.39, 0.29) is 0 Å². The summed E-state index contributed by atoms with van der Waals surface area (Å²) in [6.07, 6.45) is 0. The number of hydrogen-bond donors (Lipinski definition) is 1. The van der Waals surface area contributed by atoms with Gasteiger partial charge in [-0.25, -0.2) is 9.18 Å². The molecule has 0 saturated heterocycles. The molecule has 6 heteroatoms. The second-order valence-corrected chi connectivity index (χ2v) is 5.59. The molecule has 0 amide bonds. The fourth-order valence-corrected chi connectivity index (χ4v) is 3.19. The monoisotopic (exact) mass is 355 g/mol. The molecule has 3 nitrogen and oxygen atoms in total. The highest BCUT2D eigenvalue weighted by Gasteiger charge is 2.19. The van der Waals surface area contributed by atoms with Crippen LogP contribution in [0.3, 0.4) is 0 Å². The van der Waals surface area contributed by atoms with Crippen LogP contribution in [0.15, 0.2) is 45.6 Å². The fraction of sp³-hybridized carbons (Fsp3) is 0.0714. The Balaban J connectivity index is 2.12. The number of nitrogens with one attached hydrogen (secondary N) is 1. The van der Waals surface area contributed by atoms with E-state index in [1.807, 2.05) is 0 Å². The molecular weight excluding hydrogens is 349 g/mol. The molecule has 1 unspecified atom stereocenters. The molecule has 0 saturated carbocycles. The number of aromatic nitrogens is 1. The lowest BCUT2D eigenvalue weighted by molar-refractivity contribution is 0.555. The van der Waals surface area contributed by atoms with Crippen LogP contribution in [0.4, 0.5) is 4.39 Å². The Hall–Kier alpha value is -1.59. The number of hydrogen-bond acceptors (Lipinski definition) is 2. The lowest BCUT2D eigenvalue weighted by Gasteiger charge is -2.13. The first-order valence-electron chi connectivity index (χ1n) is 5.77. The van der Waals surface area contributed by atoms with Crippen molar-refractivity contribution in [3.8, 4) is 0 Å².